The van der Waals surface area contributed by atoms with Crippen molar-refractivity contribution in [1.82, 2.24) is 4.98 Å². The minimum Gasteiger partial charge on any atom is -0.478 e. The van der Waals surface area contributed by atoms with Crippen LogP contribution in [0.3, 0.4) is 0 Å². The lowest BCUT2D eigenvalue weighted by molar-refractivity contribution is -0.490. The zero-order chi connectivity index (χ0) is 9.84. The van der Waals surface area contributed by atoms with E-state index in [4.69, 9.17) is 5.11 Å². The van der Waals surface area contributed by atoms with Crippen LogP contribution in [0, 0.1) is 10.1 Å². The van der Waals surface area contributed by atoms with Crippen LogP contribution in [-0.4, -0.2) is 21.1 Å². The highest BCUT2D eigenvalue weighted by molar-refractivity contribution is 5.86. The molecule has 1 heterocycles. The smallest absolute Gasteiger partial charge is 0.337 e. The second-order valence-corrected chi connectivity index (χ2v) is 2.11. The van der Waals surface area contributed by atoms with E-state index in [0.29, 0.717) is 0 Å². The van der Waals surface area contributed by atoms with Gasteiger partial charge in [0, 0.05) is 6.20 Å². The second-order valence-electron chi connectivity index (χ2n) is 2.11. The third-order valence-corrected chi connectivity index (χ3v) is 1.23. The monoisotopic (exact) mass is 183 g/mol. The molecule has 0 aliphatic rings. The molecule has 0 saturated heterocycles. The molecule has 1 rings (SSSR count). The fourth-order valence-corrected chi connectivity index (χ4v) is 0.700. The summed E-state index contributed by atoms with van der Waals surface area (Å²) in [7, 11) is 0. The van der Waals surface area contributed by atoms with Crippen LogP contribution in [0.1, 0.15) is 10.4 Å². The van der Waals surface area contributed by atoms with Crippen LogP contribution in [0.15, 0.2) is 23.4 Å². The molecule has 7 nitrogen and oxygen atoms in total. The lowest BCUT2D eigenvalue weighted by Gasteiger charge is -1.90. The number of rotatable bonds is 2. The molecule has 68 valence electrons. The van der Waals surface area contributed by atoms with Crippen molar-refractivity contribution in [2.45, 2.75) is 0 Å². The number of aromatic amines is 1. The van der Waals surface area contributed by atoms with Crippen LogP contribution >= 0.6 is 0 Å². The Balaban J connectivity index is 3.07. The molecule has 0 radical (unpaired) electrons. The van der Waals surface area contributed by atoms with E-state index in [2.05, 4.69) is 10.1 Å². The molecule has 0 spiro atoms. The first-order valence-electron chi connectivity index (χ1n) is 3.20. The quantitative estimate of drug-likeness (QED) is 0.489. The Kier molecular flexibility index (Phi) is 2.38. The van der Waals surface area contributed by atoms with Gasteiger partial charge in [0.25, 0.3) is 0 Å². The Labute approximate surface area is 71.5 Å². The highest BCUT2D eigenvalue weighted by Crippen LogP contribution is 1.91. The minimum absolute atomic E-state index is 0.00463. The molecule has 0 saturated carbocycles. The predicted octanol–water partition coefficient (Wildman–Crippen LogP) is -0.195. The van der Waals surface area contributed by atoms with E-state index in [1.807, 2.05) is 0 Å². The molecule has 1 aromatic heterocycles. The molecule has 0 aliphatic carbocycles. The number of H-pyrrole nitrogens is 1. The molecule has 0 unspecified atom stereocenters. The minimum atomic E-state index is -1.11. The summed E-state index contributed by atoms with van der Waals surface area (Å²) in [6.45, 7) is 0. The molecular formula is C6H5N3O4. The number of nitrogens with zero attached hydrogens (tertiary/aromatic N) is 2. The van der Waals surface area contributed by atoms with E-state index in [1.165, 1.54) is 12.1 Å². The number of nitro groups is 1. The first kappa shape index (κ1) is 8.91. The van der Waals surface area contributed by atoms with Gasteiger partial charge in [-0.05, 0) is 12.1 Å². The first-order valence-corrected chi connectivity index (χ1v) is 3.20. The summed E-state index contributed by atoms with van der Waals surface area (Å²) in [6, 6.07) is 2.44. The largest absolute Gasteiger partial charge is 0.478 e. The van der Waals surface area contributed by atoms with Crippen LogP contribution < -0.4 is 5.49 Å². The van der Waals surface area contributed by atoms with Gasteiger partial charge < -0.3 is 10.1 Å². The summed E-state index contributed by atoms with van der Waals surface area (Å²) >= 11 is 0. The zero-order valence-corrected chi connectivity index (χ0v) is 6.30. The number of hydrogen-bond donors (Lipinski definition) is 2. The fourth-order valence-electron chi connectivity index (χ4n) is 0.700. The van der Waals surface area contributed by atoms with Crippen molar-refractivity contribution in [3.63, 3.8) is 0 Å². The number of carboxylic acid groups (broad SMARTS) is 1. The average Bonchev–Trinajstić information content (AvgIpc) is 2.04. The highest BCUT2D eigenvalue weighted by atomic mass is 16.7. The molecule has 1 aromatic rings. The van der Waals surface area contributed by atoms with Crippen molar-refractivity contribution >= 4 is 5.97 Å². The van der Waals surface area contributed by atoms with E-state index in [0.717, 1.165) is 6.20 Å². The van der Waals surface area contributed by atoms with Crippen LogP contribution in [-0.2, 0) is 0 Å². The predicted molar refractivity (Wildman–Crippen MR) is 40.3 cm³/mol. The topological polar surface area (TPSA) is 109 Å². The maximum Gasteiger partial charge on any atom is 0.337 e. The van der Waals surface area contributed by atoms with Crippen molar-refractivity contribution in [3.05, 3.63) is 39.5 Å². The van der Waals surface area contributed by atoms with E-state index in [9.17, 15) is 14.9 Å². The summed E-state index contributed by atoms with van der Waals surface area (Å²) in [5.74, 6) is -1.11. The summed E-state index contributed by atoms with van der Waals surface area (Å²) in [5.41, 5.74) is 0.0114. The summed E-state index contributed by atoms with van der Waals surface area (Å²) in [4.78, 5) is 22.6. The third kappa shape index (κ3) is 2.40. The fraction of sp³-hybridized carbons (Fsp3) is 0. The van der Waals surface area contributed by atoms with Crippen LogP contribution in [0.5, 0.6) is 0 Å². The molecule has 0 amide bonds. The van der Waals surface area contributed by atoms with Crippen molar-refractivity contribution in [2.24, 2.45) is 5.10 Å². The number of carbonyl (C=O) groups is 1. The van der Waals surface area contributed by atoms with Gasteiger partial charge in [-0.2, -0.15) is 0 Å². The van der Waals surface area contributed by atoms with Gasteiger partial charge in [0.15, 0.2) is 5.03 Å². The van der Waals surface area contributed by atoms with Crippen LogP contribution in [0.2, 0.25) is 0 Å². The van der Waals surface area contributed by atoms with Crippen molar-refractivity contribution in [3.8, 4) is 0 Å². The van der Waals surface area contributed by atoms with Gasteiger partial charge in [0.05, 0.1) is 10.7 Å². The van der Waals surface area contributed by atoms with Crippen LogP contribution in [0.4, 0.5) is 0 Å². The maximum atomic E-state index is 10.3. The van der Waals surface area contributed by atoms with Crippen LogP contribution in [0.25, 0.3) is 0 Å². The number of hydrogen-bond acceptors (Lipinski definition) is 3. The van der Waals surface area contributed by atoms with Crippen molar-refractivity contribution in [1.29, 1.82) is 0 Å². The molecule has 13 heavy (non-hydrogen) atoms. The molecule has 0 bridgehead atoms. The number of pyridine rings is 1. The van der Waals surface area contributed by atoms with Gasteiger partial charge in [0.1, 0.15) is 0 Å². The van der Waals surface area contributed by atoms with Gasteiger partial charge in [0.2, 0.25) is 5.49 Å². The number of carboxylic acids is 1. The first-order chi connectivity index (χ1) is 6.09. The normalized spacial score (nSPS) is 11.2. The Morgan fingerprint density at radius 1 is 1.62 bits per heavy atom. The van der Waals surface area contributed by atoms with Gasteiger partial charge in [-0.15, -0.1) is 0 Å². The molecule has 0 aliphatic heterocycles. The molecule has 0 fully saturated rings. The molecule has 7 heteroatoms. The maximum absolute atomic E-state index is 10.3. The van der Waals surface area contributed by atoms with E-state index >= 15 is 0 Å². The van der Waals surface area contributed by atoms with Gasteiger partial charge in [-0.3, -0.25) is 0 Å². The van der Waals surface area contributed by atoms with E-state index in [-0.39, 0.29) is 11.1 Å². The number of aromatic nitrogens is 1. The molecular weight excluding hydrogens is 178 g/mol. The van der Waals surface area contributed by atoms with Crippen molar-refractivity contribution < 1.29 is 14.9 Å². The number of aromatic carboxylic acids is 1. The van der Waals surface area contributed by atoms with Gasteiger partial charge >= 0.3 is 5.97 Å². The third-order valence-electron chi connectivity index (χ3n) is 1.23. The second kappa shape index (κ2) is 3.48. The Morgan fingerprint density at radius 3 is 2.69 bits per heavy atom. The van der Waals surface area contributed by atoms with Gasteiger partial charge in [-0.25, -0.2) is 14.9 Å². The van der Waals surface area contributed by atoms with Crippen molar-refractivity contribution in [2.75, 3.05) is 0 Å². The Bertz CT molecular complexity index is 388. The van der Waals surface area contributed by atoms with E-state index < -0.39 is 11.0 Å². The highest BCUT2D eigenvalue weighted by Gasteiger charge is 2.00. The molecule has 0 atom stereocenters. The summed E-state index contributed by atoms with van der Waals surface area (Å²) in [6.07, 6.45) is 1.13. The molecule has 2 N–H and O–H groups in total. The average molecular weight is 183 g/mol. The van der Waals surface area contributed by atoms with Gasteiger partial charge in [-0.1, -0.05) is 0 Å². The lowest BCUT2D eigenvalue weighted by atomic mass is 10.3. The summed E-state index contributed by atoms with van der Waals surface area (Å²) < 4.78 is 0. The SMILES string of the molecule is O=C(O)c1ccc(=N[N+](=O)[O-])[nH]c1. The Morgan fingerprint density at radius 2 is 2.31 bits per heavy atom. The lowest BCUT2D eigenvalue weighted by Crippen LogP contribution is -2.11. The Hall–Kier alpha value is -2.18. The zero-order valence-electron chi connectivity index (χ0n) is 6.30. The van der Waals surface area contributed by atoms with E-state index in [1.54, 1.807) is 0 Å². The summed E-state index contributed by atoms with van der Waals surface area (Å²) in [5, 5.41) is 20.4. The number of nitrogens with one attached hydrogen (secondary N) is 1. The standard InChI is InChI=1S/C6H5N3O4/c10-6(11)4-1-2-5(7-3-4)8-9(12)13/h1-3H,(H,7,8)(H,10,11). The molecule has 0 aromatic carbocycles.